The number of nitrogens with zero attached hydrogens (tertiary/aromatic N) is 2. The minimum Gasteiger partial charge on any atom is -0.393 e. The summed E-state index contributed by atoms with van der Waals surface area (Å²) in [4.78, 5) is 3.31. The maximum atomic E-state index is 12.1. The van der Waals surface area contributed by atoms with E-state index < -0.39 is 18.1 Å². The molecule has 0 aliphatic carbocycles. The predicted molar refractivity (Wildman–Crippen MR) is 54.3 cm³/mol. The highest BCUT2D eigenvalue weighted by molar-refractivity contribution is 7.09. The average molecular weight is 255 g/mol. The number of aromatic nitrogens is 2. The molecule has 0 aliphatic rings. The molecule has 92 valence electrons. The van der Waals surface area contributed by atoms with Crippen molar-refractivity contribution in [3.05, 3.63) is 5.82 Å². The van der Waals surface area contributed by atoms with E-state index in [9.17, 15) is 13.2 Å². The molecule has 1 heterocycles. The maximum Gasteiger partial charge on any atom is 0.452 e. The molecule has 1 aromatic rings. The van der Waals surface area contributed by atoms with E-state index in [-0.39, 0.29) is 5.13 Å². The van der Waals surface area contributed by atoms with E-state index in [1.165, 1.54) is 0 Å². The molecule has 1 unspecified atom stereocenters. The Morgan fingerprint density at radius 3 is 2.69 bits per heavy atom. The van der Waals surface area contributed by atoms with Gasteiger partial charge in [0.2, 0.25) is 11.0 Å². The summed E-state index contributed by atoms with van der Waals surface area (Å²) in [6.45, 7) is 2.13. The molecule has 0 bridgehead atoms. The third kappa shape index (κ3) is 4.31. The molecule has 0 fully saturated rings. The van der Waals surface area contributed by atoms with Crippen LogP contribution in [0.4, 0.5) is 18.3 Å². The van der Waals surface area contributed by atoms with Gasteiger partial charge in [0, 0.05) is 18.1 Å². The average Bonchev–Trinajstić information content (AvgIpc) is 2.59. The number of anilines is 1. The van der Waals surface area contributed by atoms with Crippen LogP contribution in [0.25, 0.3) is 0 Å². The minimum absolute atomic E-state index is 0.151. The van der Waals surface area contributed by atoms with Crippen LogP contribution in [0, 0.1) is 0 Å². The van der Waals surface area contributed by atoms with Gasteiger partial charge in [-0.25, -0.2) is 0 Å². The molecular weight excluding hydrogens is 243 g/mol. The molecule has 1 aromatic heterocycles. The third-order valence-electron chi connectivity index (χ3n) is 1.75. The fourth-order valence-corrected chi connectivity index (χ4v) is 1.61. The highest BCUT2D eigenvalue weighted by Gasteiger charge is 2.35. The van der Waals surface area contributed by atoms with Crippen LogP contribution < -0.4 is 5.32 Å². The lowest BCUT2D eigenvalue weighted by Gasteiger charge is -2.04. The minimum atomic E-state index is -4.49. The number of rotatable bonds is 5. The maximum absolute atomic E-state index is 12.1. The number of aliphatic hydroxyl groups excluding tert-OH is 1. The lowest BCUT2D eigenvalue weighted by Crippen LogP contribution is -2.09. The molecular formula is C8H12F3N3OS. The quantitative estimate of drug-likeness (QED) is 0.791. The van der Waals surface area contributed by atoms with Gasteiger partial charge in [-0.05, 0) is 19.8 Å². The smallest absolute Gasteiger partial charge is 0.393 e. The molecule has 8 heteroatoms. The van der Waals surface area contributed by atoms with Gasteiger partial charge in [0.25, 0.3) is 0 Å². The highest BCUT2D eigenvalue weighted by atomic mass is 32.1. The molecule has 0 saturated heterocycles. The first kappa shape index (κ1) is 13.2. The molecule has 0 aliphatic heterocycles. The summed E-state index contributed by atoms with van der Waals surface area (Å²) in [5, 5.41) is 11.8. The van der Waals surface area contributed by atoms with Crippen LogP contribution in [0.1, 0.15) is 25.6 Å². The Morgan fingerprint density at radius 2 is 2.19 bits per heavy atom. The van der Waals surface area contributed by atoms with Crippen LogP contribution in [-0.4, -0.2) is 27.1 Å². The van der Waals surface area contributed by atoms with Gasteiger partial charge in [0.1, 0.15) is 0 Å². The zero-order valence-electron chi connectivity index (χ0n) is 8.58. The van der Waals surface area contributed by atoms with Gasteiger partial charge in [-0.3, -0.25) is 0 Å². The van der Waals surface area contributed by atoms with Gasteiger partial charge in [0.05, 0.1) is 6.10 Å². The number of alkyl halides is 3. The van der Waals surface area contributed by atoms with Crippen molar-refractivity contribution in [3.8, 4) is 0 Å². The van der Waals surface area contributed by atoms with Gasteiger partial charge in [-0.2, -0.15) is 22.5 Å². The van der Waals surface area contributed by atoms with E-state index >= 15 is 0 Å². The van der Waals surface area contributed by atoms with Gasteiger partial charge in [-0.1, -0.05) is 0 Å². The van der Waals surface area contributed by atoms with Crippen LogP contribution in [0.3, 0.4) is 0 Å². The second kappa shape index (κ2) is 5.44. The third-order valence-corrected chi connectivity index (χ3v) is 2.43. The summed E-state index contributed by atoms with van der Waals surface area (Å²) in [7, 11) is 0. The molecule has 0 amide bonds. The van der Waals surface area contributed by atoms with E-state index in [0.717, 1.165) is 0 Å². The number of halogens is 3. The number of hydrogen-bond donors (Lipinski definition) is 2. The van der Waals surface area contributed by atoms with Crippen molar-refractivity contribution >= 4 is 16.7 Å². The van der Waals surface area contributed by atoms with Crippen molar-refractivity contribution in [2.45, 2.75) is 32.0 Å². The second-order valence-electron chi connectivity index (χ2n) is 3.34. The van der Waals surface area contributed by atoms with Crippen LogP contribution in [0.2, 0.25) is 0 Å². The van der Waals surface area contributed by atoms with E-state index in [2.05, 4.69) is 14.7 Å². The largest absolute Gasteiger partial charge is 0.452 e. The highest BCUT2D eigenvalue weighted by Crippen LogP contribution is 2.28. The number of nitrogens with one attached hydrogen (secondary N) is 1. The molecule has 0 saturated carbocycles. The summed E-state index contributed by atoms with van der Waals surface area (Å²) in [5.41, 5.74) is 0. The Morgan fingerprint density at radius 1 is 1.50 bits per heavy atom. The van der Waals surface area contributed by atoms with Crippen molar-refractivity contribution < 1.29 is 18.3 Å². The van der Waals surface area contributed by atoms with Crippen molar-refractivity contribution in [1.82, 2.24) is 9.36 Å². The standard InChI is InChI=1S/C8H12F3N3OS/c1-5(15)3-2-4-12-7-13-6(14-16-7)8(9,10)11/h5,15H,2-4H2,1H3,(H,12,13,14). The Kier molecular flexibility index (Phi) is 4.48. The van der Waals surface area contributed by atoms with Crippen molar-refractivity contribution in [3.63, 3.8) is 0 Å². The van der Waals surface area contributed by atoms with Crippen molar-refractivity contribution in [2.75, 3.05) is 11.9 Å². The lowest BCUT2D eigenvalue weighted by atomic mass is 10.2. The van der Waals surface area contributed by atoms with Crippen LogP contribution >= 0.6 is 11.5 Å². The fraction of sp³-hybridized carbons (Fsp3) is 0.750. The zero-order chi connectivity index (χ0) is 12.2. The Bertz CT molecular complexity index is 327. The summed E-state index contributed by atoms with van der Waals surface area (Å²) in [6.07, 6.45) is -3.63. The van der Waals surface area contributed by atoms with Crippen LogP contribution in [0.5, 0.6) is 0 Å². The Hall–Kier alpha value is -0.890. The van der Waals surface area contributed by atoms with Gasteiger partial charge in [0.15, 0.2) is 0 Å². The van der Waals surface area contributed by atoms with E-state index in [1.807, 2.05) is 0 Å². The molecule has 16 heavy (non-hydrogen) atoms. The van der Waals surface area contributed by atoms with Gasteiger partial charge in [-0.15, -0.1) is 0 Å². The van der Waals surface area contributed by atoms with Crippen LogP contribution in [0.15, 0.2) is 0 Å². The van der Waals surface area contributed by atoms with E-state index in [4.69, 9.17) is 5.11 Å². The van der Waals surface area contributed by atoms with Crippen molar-refractivity contribution in [1.29, 1.82) is 0 Å². The Balaban J connectivity index is 2.36. The van der Waals surface area contributed by atoms with Gasteiger partial charge < -0.3 is 10.4 Å². The first-order valence-corrected chi connectivity index (χ1v) is 5.50. The SMILES string of the molecule is CC(O)CCCNc1nc(C(F)(F)F)ns1. The first-order chi connectivity index (χ1) is 7.39. The molecule has 1 rings (SSSR count). The zero-order valence-corrected chi connectivity index (χ0v) is 9.40. The predicted octanol–water partition coefficient (Wildman–Crippen LogP) is 2.13. The molecule has 0 aromatic carbocycles. The number of aliphatic hydroxyl groups is 1. The Labute approximate surface area is 94.7 Å². The summed E-state index contributed by atoms with van der Waals surface area (Å²) >= 11 is 0.681. The molecule has 4 nitrogen and oxygen atoms in total. The second-order valence-corrected chi connectivity index (χ2v) is 4.09. The van der Waals surface area contributed by atoms with Crippen molar-refractivity contribution in [2.24, 2.45) is 0 Å². The summed E-state index contributed by atoms with van der Waals surface area (Å²) < 4.78 is 39.5. The van der Waals surface area contributed by atoms with Gasteiger partial charge >= 0.3 is 6.18 Å². The molecule has 0 spiro atoms. The monoisotopic (exact) mass is 255 g/mol. The van der Waals surface area contributed by atoms with E-state index in [0.29, 0.717) is 30.9 Å². The molecule has 2 N–H and O–H groups in total. The van der Waals surface area contributed by atoms with Crippen LogP contribution in [-0.2, 0) is 6.18 Å². The lowest BCUT2D eigenvalue weighted by molar-refractivity contribution is -0.144. The summed E-state index contributed by atoms with van der Waals surface area (Å²) in [5.74, 6) is -1.12. The topological polar surface area (TPSA) is 58.0 Å². The molecule has 1 atom stereocenters. The van der Waals surface area contributed by atoms with E-state index in [1.54, 1.807) is 6.92 Å². The summed E-state index contributed by atoms with van der Waals surface area (Å²) in [6, 6.07) is 0. The molecule has 0 radical (unpaired) electrons. The fourth-order valence-electron chi connectivity index (χ4n) is 1.00. The first-order valence-electron chi connectivity index (χ1n) is 4.72. The normalized spacial score (nSPS) is 13.8. The number of hydrogen-bond acceptors (Lipinski definition) is 5.